The van der Waals surface area contributed by atoms with Crippen LogP contribution in [0, 0.1) is 5.92 Å². The molecule has 0 heterocycles. The van der Waals surface area contributed by atoms with Gasteiger partial charge in [0.25, 0.3) is 0 Å². The topological polar surface area (TPSA) is 94.8 Å². The number of allylic oxidation sites excluding steroid dienone is 5. The zero-order valence-electron chi connectivity index (χ0n) is 16.0. The molecule has 3 atom stereocenters. The summed E-state index contributed by atoms with van der Waals surface area (Å²) in [6, 6.07) is 0. The molecule has 0 aromatic carbocycles. The molecule has 0 aromatic rings. The highest BCUT2D eigenvalue weighted by molar-refractivity contribution is 5.90. The molecule has 0 bridgehead atoms. The lowest BCUT2D eigenvalue weighted by atomic mass is 10.00. The first kappa shape index (κ1) is 24.3. The van der Waals surface area contributed by atoms with E-state index in [0.717, 1.165) is 12.8 Å². The van der Waals surface area contributed by atoms with Crippen molar-refractivity contribution in [1.82, 2.24) is 0 Å². The average Bonchev–Trinajstić information content (AvgIpc) is 2.62. The van der Waals surface area contributed by atoms with Crippen LogP contribution in [0.15, 0.2) is 36.5 Å². The van der Waals surface area contributed by atoms with Gasteiger partial charge in [0.2, 0.25) is 0 Å². The number of aliphatic hydroxyl groups excluding tert-OH is 2. The second-order valence-corrected chi connectivity index (χ2v) is 6.58. The first-order valence-corrected chi connectivity index (χ1v) is 9.48. The highest BCUT2D eigenvalue weighted by atomic mass is 16.4. The Bertz CT molecular complexity index is 479. The second kappa shape index (κ2) is 15.5. The third kappa shape index (κ3) is 13.6. The molecule has 0 aliphatic carbocycles. The summed E-state index contributed by atoms with van der Waals surface area (Å²) < 4.78 is 0. The van der Waals surface area contributed by atoms with Gasteiger partial charge in [-0.15, -0.1) is 0 Å². The number of hydrogen-bond acceptors (Lipinski definition) is 4. The van der Waals surface area contributed by atoms with E-state index in [0.29, 0.717) is 0 Å². The Balaban J connectivity index is 3.99. The fourth-order valence-electron chi connectivity index (χ4n) is 2.22. The number of unbranched alkanes of at least 4 members (excludes halogenated alkanes) is 3. The molecule has 0 saturated carbocycles. The van der Waals surface area contributed by atoms with Crippen molar-refractivity contribution in [2.24, 2.45) is 5.92 Å². The number of ketones is 1. The normalized spacial score (nSPS) is 15.7. The lowest BCUT2D eigenvalue weighted by molar-refractivity contribution is -0.141. The van der Waals surface area contributed by atoms with E-state index in [2.05, 4.69) is 19.1 Å². The van der Waals surface area contributed by atoms with E-state index >= 15 is 0 Å². The molecular formula is C21H34O5. The standard InChI is InChI=1S/C21H34O5/c1-3-4-5-6-7-8-9-10-11-12-18(22)14-16-20(24)19(23)15-13-17(2)21(25)26/h7-8,10-11,14,16-17,19-20,23-24H,3-6,9,12-13,15H2,1-2H3,(H,25,26)/b8-7-,11-10-,16-14+. The van der Waals surface area contributed by atoms with Gasteiger partial charge in [0.05, 0.1) is 18.1 Å². The average molecular weight is 366 g/mol. The third-order valence-corrected chi connectivity index (χ3v) is 4.09. The Morgan fingerprint density at radius 1 is 1.00 bits per heavy atom. The van der Waals surface area contributed by atoms with Crippen LogP contribution in [0.25, 0.3) is 0 Å². The molecule has 26 heavy (non-hydrogen) atoms. The Labute approximate surface area is 157 Å². The van der Waals surface area contributed by atoms with Crippen LogP contribution in [0.5, 0.6) is 0 Å². The first-order valence-electron chi connectivity index (χ1n) is 9.48. The number of carbonyl (C=O) groups excluding carboxylic acids is 1. The summed E-state index contributed by atoms with van der Waals surface area (Å²) >= 11 is 0. The molecule has 148 valence electrons. The molecule has 0 rings (SSSR count). The van der Waals surface area contributed by atoms with Crippen LogP contribution in [-0.4, -0.2) is 39.3 Å². The van der Waals surface area contributed by atoms with Gasteiger partial charge in [0.1, 0.15) is 0 Å². The largest absolute Gasteiger partial charge is 0.481 e. The van der Waals surface area contributed by atoms with Crippen LogP contribution in [-0.2, 0) is 9.59 Å². The number of rotatable bonds is 15. The summed E-state index contributed by atoms with van der Waals surface area (Å²) in [5.41, 5.74) is 0. The van der Waals surface area contributed by atoms with Crippen molar-refractivity contribution >= 4 is 11.8 Å². The molecule has 0 aliphatic rings. The number of hydrogen-bond donors (Lipinski definition) is 3. The summed E-state index contributed by atoms with van der Waals surface area (Å²) in [5, 5.41) is 28.4. The highest BCUT2D eigenvalue weighted by Gasteiger charge is 2.17. The smallest absolute Gasteiger partial charge is 0.306 e. The third-order valence-electron chi connectivity index (χ3n) is 4.09. The predicted octanol–water partition coefficient (Wildman–Crippen LogP) is 3.81. The molecule has 0 spiro atoms. The molecule has 5 heteroatoms. The molecular weight excluding hydrogens is 332 g/mol. The van der Waals surface area contributed by atoms with Crippen LogP contribution in [0.3, 0.4) is 0 Å². The second-order valence-electron chi connectivity index (χ2n) is 6.58. The zero-order chi connectivity index (χ0) is 19.8. The van der Waals surface area contributed by atoms with E-state index < -0.39 is 24.1 Å². The van der Waals surface area contributed by atoms with E-state index in [4.69, 9.17) is 5.11 Å². The number of carbonyl (C=O) groups is 2. The fraction of sp³-hybridized carbons (Fsp3) is 0.619. The van der Waals surface area contributed by atoms with Crippen molar-refractivity contribution in [3.63, 3.8) is 0 Å². The molecule has 0 aromatic heterocycles. The monoisotopic (exact) mass is 366 g/mol. The van der Waals surface area contributed by atoms with Gasteiger partial charge in [-0.25, -0.2) is 0 Å². The lowest BCUT2D eigenvalue weighted by Gasteiger charge is -2.15. The van der Waals surface area contributed by atoms with Crippen molar-refractivity contribution in [3.8, 4) is 0 Å². The van der Waals surface area contributed by atoms with E-state index in [-0.39, 0.29) is 25.0 Å². The number of aliphatic carboxylic acids is 1. The summed E-state index contributed by atoms with van der Waals surface area (Å²) in [5.74, 6) is -1.66. The Morgan fingerprint density at radius 3 is 2.35 bits per heavy atom. The molecule has 3 unspecified atom stereocenters. The molecule has 3 N–H and O–H groups in total. The zero-order valence-corrected chi connectivity index (χ0v) is 16.0. The van der Waals surface area contributed by atoms with Gasteiger partial charge >= 0.3 is 5.97 Å². The van der Waals surface area contributed by atoms with Crippen LogP contribution in [0.4, 0.5) is 0 Å². The van der Waals surface area contributed by atoms with Gasteiger partial charge in [-0.1, -0.05) is 57.1 Å². The maximum Gasteiger partial charge on any atom is 0.306 e. The van der Waals surface area contributed by atoms with E-state index in [1.807, 2.05) is 6.08 Å². The maximum atomic E-state index is 11.7. The van der Waals surface area contributed by atoms with Crippen LogP contribution < -0.4 is 0 Å². The molecule has 0 radical (unpaired) electrons. The fourth-order valence-corrected chi connectivity index (χ4v) is 2.22. The van der Waals surface area contributed by atoms with Crippen molar-refractivity contribution in [2.45, 2.75) is 77.4 Å². The van der Waals surface area contributed by atoms with Gasteiger partial charge in [-0.2, -0.15) is 0 Å². The van der Waals surface area contributed by atoms with Gasteiger partial charge in [-0.3, -0.25) is 9.59 Å². The van der Waals surface area contributed by atoms with Gasteiger partial charge in [-0.05, 0) is 38.2 Å². The van der Waals surface area contributed by atoms with E-state index in [1.54, 1.807) is 13.0 Å². The van der Waals surface area contributed by atoms with Crippen molar-refractivity contribution in [3.05, 3.63) is 36.5 Å². The van der Waals surface area contributed by atoms with Crippen LogP contribution in [0.2, 0.25) is 0 Å². The minimum atomic E-state index is -1.17. The predicted molar refractivity (Wildman–Crippen MR) is 104 cm³/mol. The first-order chi connectivity index (χ1) is 12.4. The van der Waals surface area contributed by atoms with E-state index in [1.165, 1.54) is 31.4 Å². The quantitative estimate of drug-likeness (QED) is 0.233. The van der Waals surface area contributed by atoms with Gasteiger partial charge < -0.3 is 15.3 Å². The molecule has 0 amide bonds. The minimum Gasteiger partial charge on any atom is -0.481 e. The van der Waals surface area contributed by atoms with Crippen molar-refractivity contribution in [2.75, 3.05) is 0 Å². The summed E-state index contributed by atoms with van der Waals surface area (Å²) in [6.45, 7) is 3.73. The SMILES string of the molecule is CCCCC/C=C\C/C=C\CC(=O)/C=C/C(O)C(O)CCC(C)C(=O)O. The molecule has 0 fully saturated rings. The molecule has 0 saturated heterocycles. The maximum absolute atomic E-state index is 11.7. The Hall–Kier alpha value is -1.72. The Kier molecular flexibility index (Phi) is 14.5. The number of carboxylic acid groups (broad SMARTS) is 1. The van der Waals surface area contributed by atoms with Crippen molar-refractivity contribution < 1.29 is 24.9 Å². The summed E-state index contributed by atoms with van der Waals surface area (Å²) in [4.78, 5) is 22.4. The van der Waals surface area contributed by atoms with Gasteiger partial charge in [0.15, 0.2) is 5.78 Å². The van der Waals surface area contributed by atoms with Crippen LogP contribution >= 0.6 is 0 Å². The van der Waals surface area contributed by atoms with E-state index in [9.17, 15) is 19.8 Å². The highest BCUT2D eigenvalue weighted by Crippen LogP contribution is 2.11. The molecule has 0 aliphatic heterocycles. The lowest BCUT2D eigenvalue weighted by Crippen LogP contribution is -2.25. The van der Waals surface area contributed by atoms with Crippen LogP contribution in [0.1, 0.15) is 65.2 Å². The minimum absolute atomic E-state index is 0.154. The Morgan fingerprint density at radius 2 is 1.69 bits per heavy atom. The molecule has 5 nitrogen and oxygen atoms in total. The van der Waals surface area contributed by atoms with Crippen molar-refractivity contribution in [1.29, 1.82) is 0 Å². The summed E-state index contributed by atoms with van der Waals surface area (Å²) in [7, 11) is 0. The summed E-state index contributed by atoms with van der Waals surface area (Å²) in [6.07, 6.45) is 14.5. The number of aliphatic hydroxyl groups is 2. The number of carboxylic acids is 1. The van der Waals surface area contributed by atoms with Gasteiger partial charge in [0, 0.05) is 6.42 Å².